The third kappa shape index (κ3) is 3.52. The van der Waals surface area contributed by atoms with Crippen molar-refractivity contribution in [1.82, 2.24) is 0 Å². The lowest BCUT2D eigenvalue weighted by molar-refractivity contribution is -0.167. The molecule has 0 bridgehead atoms. The van der Waals surface area contributed by atoms with Crippen molar-refractivity contribution in [1.29, 1.82) is 0 Å². The van der Waals surface area contributed by atoms with E-state index < -0.39 is 30.2 Å². The predicted molar refractivity (Wildman–Crippen MR) is 58.9 cm³/mol. The number of carbonyl (C=O) groups is 1. The summed E-state index contributed by atoms with van der Waals surface area (Å²) in [6.45, 7) is 2.87. The Kier molecular flexibility index (Phi) is 6.74. The summed E-state index contributed by atoms with van der Waals surface area (Å²) in [5.41, 5.74) is -1.95. The molecule has 0 aliphatic carbocycles. The molecule has 0 heterocycles. The summed E-state index contributed by atoms with van der Waals surface area (Å²) < 4.78 is 0. The number of rotatable bonds is 8. The van der Waals surface area contributed by atoms with Gasteiger partial charge >= 0.3 is 0 Å². The first-order valence-corrected chi connectivity index (χ1v) is 5.66. The van der Waals surface area contributed by atoms with Gasteiger partial charge in [0.15, 0.2) is 11.4 Å². The first kappa shape index (κ1) is 15.5. The molecule has 0 saturated heterocycles. The van der Waals surface area contributed by atoms with E-state index >= 15 is 0 Å². The third-order valence-corrected chi connectivity index (χ3v) is 2.63. The fraction of sp³-hybridized carbons (Fsp3) is 0.909. The average Bonchev–Trinajstić information content (AvgIpc) is 2.27. The maximum absolute atomic E-state index is 11.7. The van der Waals surface area contributed by atoms with Crippen LogP contribution in [-0.4, -0.2) is 50.6 Å². The van der Waals surface area contributed by atoms with Crippen LogP contribution in [0, 0.1) is 0 Å². The summed E-state index contributed by atoms with van der Waals surface area (Å²) in [6, 6.07) is 0. The summed E-state index contributed by atoms with van der Waals surface area (Å²) in [6.07, 6.45) is -1.86. The van der Waals surface area contributed by atoms with E-state index in [1.807, 2.05) is 0 Å². The Balaban J connectivity index is 4.85. The molecule has 0 saturated carbocycles. The van der Waals surface area contributed by atoms with Crippen molar-refractivity contribution in [2.24, 2.45) is 0 Å². The number of aliphatic hydroxyl groups excluding tert-OH is 3. The molecule has 0 aromatic rings. The highest BCUT2D eigenvalue weighted by molar-refractivity contribution is 5.87. The predicted octanol–water partition coefficient (Wildman–Crippen LogP) is -0.399. The van der Waals surface area contributed by atoms with E-state index in [-0.39, 0.29) is 12.8 Å². The van der Waals surface area contributed by atoms with E-state index in [4.69, 9.17) is 5.11 Å². The Morgan fingerprint density at radius 2 is 1.81 bits per heavy atom. The van der Waals surface area contributed by atoms with Gasteiger partial charge in [0.05, 0.1) is 6.61 Å². The molecule has 0 aromatic carbocycles. The van der Waals surface area contributed by atoms with Crippen LogP contribution >= 0.6 is 0 Å². The minimum absolute atomic E-state index is 0.0735. The molecule has 0 aliphatic heterocycles. The number of carbonyl (C=O) groups excluding carboxylic acids is 1. The largest absolute Gasteiger partial charge is 0.394 e. The van der Waals surface area contributed by atoms with Gasteiger partial charge in [-0.2, -0.15) is 0 Å². The standard InChI is InChI=1S/C11H22O5/c1-3-5-9(14)11(16,6-4-2)10(15)8(13)7-12/h8,10,12-13,15-16H,3-7H2,1-2H3. The molecule has 0 rings (SSSR count). The van der Waals surface area contributed by atoms with Gasteiger partial charge in [0.1, 0.15) is 12.2 Å². The number of aliphatic hydroxyl groups is 4. The molecular formula is C11H22O5. The zero-order valence-corrected chi connectivity index (χ0v) is 9.89. The summed E-state index contributed by atoms with van der Waals surface area (Å²) in [5.74, 6) is -0.489. The fourth-order valence-electron chi connectivity index (χ4n) is 1.70. The molecule has 3 atom stereocenters. The van der Waals surface area contributed by atoms with Crippen LogP contribution in [0.1, 0.15) is 39.5 Å². The Hall–Kier alpha value is -0.490. The topological polar surface area (TPSA) is 98.0 Å². The van der Waals surface area contributed by atoms with Crippen LogP contribution in [0.25, 0.3) is 0 Å². The van der Waals surface area contributed by atoms with E-state index in [2.05, 4.69) is 0 Å². The van der Waals surface area contributed by atoms with Crippen molar-refractivity contribution in [2.75, 3.05) is 6.61 Å². The van der Waals surface area contributed by atoms with Crippen molar-refractivity contribution in [3.8, 4) is 0 Å². The second-order valence-corrected chi connectivity index (χ2v) is 4.04. The maximum atomic E-state index is 11.7. The van der Waals surface area contributed by atoms with Crippen LogP contribution < -0.4 is 0 Å². The molecule has 0 fully saturated rings. The van der Waals surface area contributed by atoms with E-state index in [0.29, 0.717) is 12.8 Å². The van der Waals surface area contributed by atoms with Crippen molar-refractivity contribution >= 4 is 5.78 Å². The van der Waals surface area contributed by atoms with Crippen molar-refractivity contribution in [3.63, 3.8) is 0 Å². The minimum Gasteiger partial charge on any atom is -0.394 e. The van der Waals surface area contributed by atoms with Gasteiger partial charge < -0.3 is 20.4 Å². The fourth-order valence-corrected chi connectivity index (χ4v) is 1.70. The molecule has 3 unspecified atom stereocenters. The van der Waals surface area contributed by atoms with Gasteiger partial charge in [0.25, 0.3) is 0 Å². The maximum Gasteiger partial charge on any atom is 0.167 e. The molecule has 96 valence electrons. The first-order valence-electron chi connectivity index (χ1n) is 5.66. The second kappa shape index (κ2) is 6.96. The average molecular weight is 234 g/mol. The Bertz CT molecular complexity index is 218. The van der Waals surface area contributed by atoms with E-state index in [9.17, 15) is 20.1 Å². The van der Waals surface area contributed by atoms with Crippen molar-refractivity contribution in [2.45, 2.75) is 57.3 Å². The van der Waals surface area contributed by atoms with Gasteiger partial charge in [-0.1, -0.05) is 20.3 Å². The van der Waals surface area contributed by atoms with Crippen LogP contribution in [0.15, 0.2) is 0 Å². The van der Waals surface area contributed by atoms with Crippen LogP contribution in [-0.2, 0) is 4.79 Å². The Labute approximate surface area is 95.7 Å². The van der Waals surface area contributed by atoms with Gasteiger partial charge in [-0.15, -0.1) is 0 Å². The lowest BCUT2D eigenvalue weighted by atomic mass is 9.83. The van der Waals surface area contributed by atoms with E-state index in [1.165, 1.54) is 0 Å². The van der Waals surface area contributed by atoms with E-state index in [1.54, 1.807) is 13.8 Å². The molecule has 5 nitrogen and oxygen atoms in total. The number of ketones is 1. The molecule has 16 heavy (non-hydrogen) atoms. The third-order valence-electron chi connectivity index (χ3n) is 2.63. The Morgan fingerprint density at radius 1 is 1.25 bits per heavy atom. The van der Waals surface area contributed by atoms with E-state index in [0.717, 1.165) is 0 Å². The van der Waals surface area contributed by atoms with Gasteiger partial charge in [-0.25, -0.2) is 0 Å². The summed E-state index contributed by atoms with van der Waals surface area (Å²) in [7, 11) is 0. The smallest absolute Gasteiger partial charge is 0.167 e. The minimum atomic E-state index is -1.95. The van der Waals surface area contributed by atoms with Crippen LogP contribution in [0.3, 0.4) is 0 Å². The normalized spacial score (nSPS) is 18.9. The van der Waals surface area contributed by atoms with Gasteiger partial charge in [0.2, 0.25) is 0 Å². The monoisotopic (exact) mass is 234 g/mol. The summed E-state index contributed by atoms with van der Waals surface area (Å²) >= 11 is 0. The molecule has 0 amide bonds. The van der Waals surface area contributed by atoms with Crippen LogP contribution in [0.5, 0.6) is 0 Å². The van der Waals surface area contributed by atoms with Crippen LogP contribution in [0.4, 0.5) is 0 Å². The zero-order valence-electron chi connectivity index (χ0n) is 9.89. The second-order valence-electron chi connectivity index (χ2n) is 4.04. The SMILES string of the molecule is CCCC(=O)C(O)(CCC)C(O)C(O)CO. The lowest BCUT2D eigenvalue weighted by Crippen LogP contribution is -2.55. The van der Waals surface area contributed by atoms with Gasteiger partial charge in [0, 0.05) is 6.42 Å². The quantitative estimate of drug-likeness (QED) is 0.458. The highest BCUT2D eigenvalue weighted by Gasteiger charge is 2.44. The highest BCUT2D eigenvalue weighted by Crippen LogP contribution is 2.23. The van der Waals surface area contributed by atoms with Crippen molar-refractivity contribution in [3.05, 3.63) is 0 Å². The zero-order chi connectivity index (χ0) is 12.8. The Morgan fingerprint density at radius 3 is 2.19 bits per heavy atom. The lowest BCUT2D eigenvalue weighted by Gasteiger charge is -2.33. The van der Waals surface area contributed by atoms with Gasteiger partial charge in [-0.05, 0) is 12.8 Å². The van der Waals surface area contributed by atoms with Crippen molar-refractivity contribution < 1.29 is 25.2 Å². The number of hydrogen-bond donors (Lipinski definition) is 4. The molecule has 0 radical (unpaired) electrons. The van der Waals surface area contributed by atoms with Crippen LogP contribution in [0.2, 0.25) is 0 Å². The number of Topliss-reactive ketones (excluding diaryl/α,β-unsaturated/α-hetero) is 1. The molecular weight excluding hydrogens is 212 g/mol. The molecule has 5 heteroatoms. The summed E-state index contributed by atoms with van der Waals surface area (Å²) in [4.78, 5) is 11.7. The molecule has 0 aromatic heterocycles. The highest BCUT2D eigenvalue weighted by atomic mass is 16.4. The molecule has 0 spiro atoms. The summed E-state index contributed by atoms with van der Waals surface area (Å²) in [5, 5.41) is 37.8. The van der Waals surface area contributed by atoms with Gasteiger partial charge in [-0.3, -0.25) is 4.79 Å². The molecule has 0 aliphatic rings. The first-order chi connectivity index (χ1) is 7.43. The molecule has 4 N–H and O–H groups in total. The number of hydrogen-bond acceptors (Lipinski definition) is 5.